The highest BCUT2D eigenvalue weighted by molar-refractivity contribution is 6.10. The number of rotatable bonds is 1. The van der Waals surface area contributed by atoms with E-state index in [0.29, 0.717) is 6.54 Å². The zero-order valence-electron chi connectivity index (χ0n) is 8.36. The van der Waals surface area contributed by atoms with E-state index in [1.54, 1.807) is 4.90 Å². The topological polar surface area (TPSA) is 20.3 Å². The number of nitrogens with zero attached hydrogens (tertiary/aromatic N) is 1. The lowest BCUT2D eigenvalue weighted by Crippen LogP contribution is -2.32. The summed E-state index contributed by atoms with van der Waals surface area (Å²) in [5.74, 6) is 2.75. The van der Waals surface area contributed by atoms with Crippen molar-refractivity contribution in [3.63, 3.8) is 0 Å². The molecule has 0 N–H and O–H groups in total. The molecular formula is C13H11NO. The maximum absolute atomic E-state index is 12.2. The largest absolute Gasteiger partial charge is 0.300 e. The van der Waals surface area contributed by atoms with Gasteiger partial charge in [0.15, 0.2) is 0 Å². The fourth-order valence-electron chi connectivity index (χ4n) is 2.45. The zero-order chi connectivity index (χ0) is 10.5. The van der Waals surface area contributed by atoms with E-state index < -0.39 is 0 Å². The van der Waals surface area contributed by atoms with Crippen LogP contribution in [0.4, 0.5) is 5.69 Å². The molecule has 1 aliphatic heterocycles. The number of amides is 1. The van der Waals surface area contributed by atoms with Gasteiger partial charge >= 0.3 is 0 Å². The Hall–Kier alpha value is -1.75. The van der Waals surface area contributed by atoms with Crippen molar-refractivity contribution in [2.24, 2.45) is 0 Å². The van der Waals surface area contributed by atoms with Gasteiger partial charge in [0.2, 0.25) is 5.91 Å². The van der Waals surface area contributed by atoms with Gasteiger partial charge in [0, 0.05) is 5.69 Å². The minimum Gasteiger partial charge on any atom is -0.300 e. The van der Waals surface area contributed by atoms with Crippen LogP contribution < -0.4 is 4.90 Å². The van der Waals surface area contributed by atoms with Crippen molar-refractivity contribution in [3.05, 3.63) is 29.8 Å². The minimum atomic E-state index is -0.201. The summed E-state index contributed by atoms with van der Waals surface area (Å²) in [6, 6.07) is 7.98. The molecule has 1 aromatic rings. The second kappa shape index (κ2) is 2.64. The third-order valence-corrected chi connectivity index (χ3v) is 3.36. The van der Waals surface area contributed by atoms with Gasteiger partial charge in [-0.25, -0.2) is 0 Å². The number of terminal acetylenes is 1. The lowest BCUT2D eigenvalue weighted by atomic mass is 9.98. The number of anilines is 1. The quantitative estimate of drug-likeness (QED) is 0.627. The van der Waals surface area contributed by atoms with Gasteiger partial charge in [0.05, 0.1) is 12.0 Å². The number of fused-ring (bicyclic) bond motifs is 2. The maximum atomic E-state index is 12.2. The van der Waals surface area contributed by atoms with E-state index in [1.165, 1.54) is 5.56 Å². The summed E-state index contributed by atoms with van der Waals surface area (Å²) in [6.07, 6.45) is 7.25. The van der Waals surface area contributed by atoms with Crippen LogP contribution in [0.3, 0.4) is 0 Å². The SMILES string of the molecule is C#CCN1C(=O)C2(CC2)c2ccccc21. The van der Waals surface area contributed by atoms with Crippen LogP contribution in [0.1, 0.15) is 18.4 Å². The first-order valence-corrected chi connectivity index (χ1v) is 5.14. The summed E-state index contributed by atoms with van der Waals surface area (Å²) in [6.45, 7) is 0.387. The van der Waals surface area contributed by atoms with Crippen LogP contribution in [0, 0.1) is 12.3 Å². The molecule has 2 heteroatoms. The van der Waals surface area contributed by atoms with Crippen LogP contribution in [-0.4, -0.2) is 12.5 Å². The Labute approximate surface area is 88.9 Å². The van der Waals surface area contributed by atoms with Crippen LogP contribution in [0.25, 0.3) is 0 Å². The summed E-state index contributed by atoms with van der Waals surface area (Å²) in [7, 11) is 0. The van der Waals surface area contributed by atoms with E-state index in [9.17, 15) is 4.79 Å². The first kappa shape index (κ1) is 8.55. The molecule has 1 saturated carbocycles. The van der Waals surface area contributed by atoms with Crippen LogP contribution in [0.5, 0.6) is 0 Å². The number of para-hydroxylation sites is 1. The summed E-state index contributed by atoms with van der Waals surface area (Å²) in [5, 5.41) is 0. The van der Waals surface area contributed by atoms with Gasteiger partial charge in [-0.05, 0) is 24.5 Å². The zero-order valence-corrected chi connectivity index (χ0v) is 8.36. The molecule has 74 valence electrons. The maximum Gasteiger partial charge on any atom is 0.238 e. The fraction of sp³-hybridized carbons (Fsp3) is 0.308. The second-order valence-corrected chi connectivity index (χ2v) is 4.19. The van der Waals surface area contributed by atoms with Gasteiger partial charge in [0.1, 0.15) is 0 Å². The molecule has 0 atom stereocenters. The predicted octanol–water partition coefficient (Wildman–Crippen LogP) is 1.70. The van der Waals surface area contributed by atoms with Crippen LogP contribution in [-0.2, 0) is 10.2 Å². The van der Waals surface area contributed by atoms with E-state index in [-0.39, 0.29) is 11.3 Å². The van der Waals surface area contributed by atoms with Crippen molar-refractivity contribution in [3.8, 4) is 12.3 Å². The molecule has 2 aliphatic rings. The Morgan fingerprint density at radius 2 is 2.13 bits per heavy atom. The summed E-state index contributed by atoms with van der Waals surface area (Å²) in [4.78, 5) is 13.9. The Morgan fingerprint density at radius 3 is 2.80 bits per heavy atom. The van der Waals surface area contributed by atoms with Gasteiger partial charge in [-0.2, -0.15) is 0 Å². The molecule has 0 unspecified atom stereocenters. The number of hydrogen-bond donors (Lipinski definition) is 0. The van der Waals surface area contributed by atoms with Crippen molar-refractivity contribution in [2.45, 2.75) is 18.3 Å². The number of carbonyl (C=O) groups is 1. The standard InChI is InChI=1S/C13H11NO/c1-2-9-14-11-6-4-3-5-10(11)13(7-8-13)12(14)15/h1,3-6H,7-9H2. The predicted molar refractivity (Wildman–Crippen MR) is 58.5 cm³/mol. The molecule has 0 radical (unpaired) electrons. The Bertz CT molecular complexity index is 480. The highest BCUT2D eigenvalue weighted by Gasteiger charge is 2.58. The van der Waals surface area contributed by atoms with E-state index in [0.717, 1.165) is 18.5 Å². The van der Waals surface area contributed by atoms with Crippen molar-refractivity contribution in [2.75, 3.05) is 11.4 Å². The van der Waals surface area contributed by atoms with Crippen molar-refractivity contribution < 1.29 is 4.79 Å². The molecular weight excluding hydrogens is 186 g/mol. The van der Waals surface area contributed by atoms with E-state index >= 15 is 0 Å². The Kier molecular flexibility index (Phi) is 1.50. The molecule has 1 spiro atoms. The molecule has 1 fully saturated rings. The lowest BCUT2D eigenvalue weighted by Gasteiger charge is -2.13. The van der Waals surface area contributed by atoms with Gasteiger partial charge < -0.3 is 0 Å². The first-order chi connectivity index (χ1) is 7.29. The molecule has 0 bridgehead atoms. The number of carbonyl (C=O) groups excluding carboxylic acids is 1. The molecule has 1 aliphatic carbocycles. The van der Waals surface area contributed by atoms with Crippen LogP contribution in [0.2, 0.25) is 0 Å². The van der Waals surface area contributed by atoms with Gasteiger partial charge in [-0.1, -0.05) is 24.1 Å². The molecule has 1 heterocycles. The molecule has 0 aromatic heterocycles. The van der Waals surface area contributed by atoms with Gasteiger partial charge in [-0.3, -0.25) is 9.69 Å². The number of hydrogen-bond acceptors (Lipinski definition) is 1. The monoisotopic (exact) mass is 197 g/mol. The molecule has 3 rings (SSSR count). The molecule has 1 aromatic carbocycles. The Balaban J connectivity index is 2.16. The van der Waals surface area contributed by atoms with E-state index in [1.807, 2.05) is 18.2 Å². The molecule has 2 nitrogen and oxygen atoms in total. The van der Waals surface area contributed by atoms with Crippen LogP contribution >= 0.6 is 0 Å². The highest BCUT2D eigenvalue weighted by Crippen LogP contribution is 2.56. The average Bonchev–Trinajstić information content (AvgIpc) is 3.02. The number of benzene rings is 1. The van der Waals surface area contributed by atoms with Crippen molar-refractivity contribution in [1.29, 1.82) is 0 Å². The normalized spacial score (nSPS) is 20.2. The average molecular weight is 197 g/mol. The van der Waals surface area contributed by atoms with E-state index in [2.05, 4.69) is 12.0 Å². The first-order valence-electron chi connectivity index (χ1n) is 5.14. The smallest absolute Gasteiger partial charge is 0.238 e. The third kappa shape index (κ3) is 0.928. The van der Waals surface area contributed by atoms with Crippen LogP contribution in [0.15, 0.2) is 24.3 Å². The Morgan fingerprint density at radius 1 is 1.40 bits per heavy atom. The molecule has 15 heavy (non-hydrogen) atoms. The summed E-state index contributed by atoms with van der Waals surface area (Å²) in [5.41, 5.74) is 1.98. The van der Waals surface area contributed by atoms with Gasteiger partial charge in [0.25, 0.3) is 0 Å². The van der Waals surface area contributed by atoms with Crippen molar-refractivity contribution in [1.82, 2.24) is 0 Å². The van der Waals surface area contributed by atoms with E-state index in [4.69, 9.17) is 6.42 Å². The molecule has 1 amide bonds. The highest BCUT2D eigenvalue weighted by atomic mass is 16.2. The molecule has 0 saturated heterocycles. The second-order valence-electron chi connectivity index (χ2n) is 4.19. The third-order valence-electron chi connectivity index (χ3n) is 3.36. The minimum absolute atomic E-state index is 0.196. The lowest BCUT2D eigenvalue weighted by molar-refractivity contribution is -0.120. The summed E-state index contributed by atoms with van der Waals surface area (Å²) < 4.78 is 0. The van der Waals surface area contributed by atoms with Gasteiger partial charge in [-0.15, -0.1) is 6.42 Å². The summed E-state index contributed by atoms with van der Waals surface area (Å²) >= 11 is 0. The van der Waals surface area contributed by atoms with Crippen molar-refractivity contribution >= 4 is 11.6 Å². The fourth-order valence-corrected chi connectivity index (χ4v) is 2.45.